The van der Waals surface area contributed by atoms with Gasteiger partial charge in [0.15, 0.2) is 0 Å². The molecular formula is C14H17N3O2S. The summed E-state index contributed by atoms with van der Waals surface area (Å²) in [5.74, 6) is 0. The van der Waals surface area contributed by atoms with Crippen LogP contribution in [0.2, 0.25) is 0 Å². The van der Waals surface area contributed by atoms with Crippen LogP contribution in [0.1, 0.15) is 11.1 Å². The first kappa shape index (κ1) is 14.3. The fourth-order valence-electron chi connectivity index (χ4n) is 2.22. The van der Waals surface area contributed by atoms with E-state index in [-0.39, 0.29) is 0 Å². The van der Waals surface area contributed by atoms with Gasteiger partial charge in [-0.25, -0.2) is 8.42 Å². The molecule has 1 aromatic heterocycles. The molecule has 0 aliphatic heterocycles. The van der Waals surface area contributed by atoms with Gasteiger partial charge in [-0.1, -0.05) is 0 Å². The fourth-order valence-corrected chi connectivity index (χ4v) is 3.83. The Balaban J connectivity index is 2.57. The van der Waals surface area contributed by atoms with E-state index in [1.165, 1.54) is 11.4 Å². The molecule has 6 heteroatoms. The number of sulfonamides is 1. The first-order valence-corrected chi connectivity index (χ1v) is 7.53. The summed E-state index contributed by atoms with van der Waals surface area (Å²) in [5, 5.41) is 0. The molecule has 1 aromatic carbocycles. The third kappa shape index (κ3) is 2.46. The molecule has 0 aliphatic carbocycles. The predicted octanol–water partition coefficient (Wildman–Crippen LogP) is 2.11. The quantitative estimate of drug-likeness (QED) is 0.879. The Morgan fingerprint density at radius 3 is 2.10 bits per heavy atom. The summed E-state index contributed by atoms with van der Waals surface area (Å²) < 4.78 is 26.8. The van der Waals surface area contributed by atoms with Gasteiger partial charge in [-0.2, -0.15) is 0 Å². The minimum absolute atomic E-state index is 0.297. The van der Waals surface area contributed by atoms with Gasteiger partial charge in [-0.15, -0.1) is 0 Å². The van der Waals surface area contributed by atoms with E-state index in [4.69, 9.17) is 5.73 Å². The molecule has 20 heavy (non-hydrogen) atoms. The fraction of sp³-hybridized carbons (Fsp3) is 0.214. The van der Waals surface area contributed by atoms with E-state index in [1.54, 1.807) is 50.5 Å². The van der Waals surface area contributed by atoms with Crippen LogP contribution in [-0.4, -0.2) is 20.4 Å². The third-order valence-electron chi connectivity index (χ3n) is 3.13. The molecule has 2 aromatic rings. The number of benzene rings is 1. The lowest BCUT2D eigenvalue weighted by Gasteiger charge is -2.22. The third-order valence-corrected chi connectivity index (χ3v) is 5.22. The lowest BCUT2D eigenvalue weighted by Crippen LogP contribution is -2.28. The van der Waals surface area contributed by atoms with E-state index in [0.29, 0.717) is 27.4 Å². The molecule has 0 aliphatic rings. The Kier molecular flexibility index (Phi) is 3.67. The zero-order chi connectivity index (χ0) is 14.9. The van der Waals surface area contributed by atoms with Crippen molar-refractivity contribution in [2.45, 2.75) is 18.7 Å². The number of aryl methyl sites for hydroxylation is 2. The number of nitrogens with zero attached hydrogens (tertiary/aromatic N) is 2. The number of pyridine rings is 1. The van der Waals surface area contributed by atoms with Crippen LogP contribution in [0.4, 0.5) is 11.4 Å². The molecule has 0 spiro atoms. The van der Waals surface area contributed by atoms with Crippen LogP contribution in [0, 0.1) is 13.8 Å². The highest BCUT2D eigenvalue weighted by Gasteiger charge is 2.25. The standard InChI is InChI=1S/C14H17N3O2S/c1-10-8-12(15)9-11(2)14(10)20(18,19)17(3)13-4-6-16-7-5-13/h4-9H,15H2,1-3H3. The van der Waals surface area contributed by atoms with Gasteiger partial charge in [-0.3, -0.25) is 9.29 Å². The Morgan fingerprint density at radius 2 is 1.60 bits per heavy atom. The number of nitrogens with two attached hydrogens (primary N) is 1. The van der Waals surface area contributed by atoms with Gasteiger partial charge in [0.1, 0.15) is 0 Å². The highest BCUT2D eigenvalue weighted by molar-refractivity contribution is 7.92. The van der Waals surface area contributed by atoms with Crippen molar-refractivity contribution in [1.29, 1.82) is 0 Å². The van der Waals surface area contributed by atoms with Gasteiger partial charge in [-0.05, 0) is 49.2 Å². The molecule has 0 atom stereocenters. The van der Waals surface area contributed by atoms with Crippen LogP contribution in [0.15, 0.2) is 41.6 Å². The number of aromatic nitrogens is 1. The second-order valence-electron chi connectivity index (χ2n) is 4.66. The molecule has 106 valence electrons. The SMILES string of the molecule is Cc1cc(N)cc(C)c1S(=O)(=O)N(C)c1ccncc1. The minimum Gasteiger partial charge on any atom is -0.399 e. The van der Waals surface area contributed by atoms with E-state index in [1.807, 2.05) is 0 Å². The maximum absolute atomic E-state index is 12.8. The van der Waals surface area contributed by atoms with Crippen LogP contribution in [-0.2, 0) is 10.0 Å². The van der Waals surface area contributed by atoms with Crippen LogP contribution in [0.25, 0.3) is 0 Å². The van der Waals surface area contributed by atoms with Crippen LogP contribution < -0.4 is 10.0 Å². The highest BCUT2D eigenvalue weighted by Crippen LogP contribution is 2.28. The van der Waals surface area contributed by atoms with Crippen molar-refractivity contribution in [2.75, 3.05) is 17.1 Å². The van der Waals surface area contributed by atoms with Crippen molar-refractivity contribution < 1.29 is 8.42 Å². The lowest BCUT2D eigenvalue weighted by atomic mass is 10.1. The predicted molar refractivity (Wildman–Crippen MR) is 80.2 cm³/mol. The van der Waals surface area contributed by atoms with Crippen LogP contribution in [0.3, 0.4) is 0 Å². The Hall–Kier alpha value is -2.08. The Bertz CT molecular complexity index is 704. The summed E-state index contributed by atoms with van der Waals surface area (Å²) in [6.07, 6.45) is 3.12. The van der Waals surface area contributed by atoms with E-state index in [2.05, 4.69) is 4.98 Å². The largest absolute Gasteiger partial charge is 0.399 e. The smallest absolute Gasteiger partial charge is 0.264 e. The highest BCUT2D eigenvalue weighted by atomic mass is 32.2. The van der Waals surface area contributed by atoms with Crippen molar-refractivity contribution in [3.8, 4) is 0 Å². The normalized spacial score (nSPS) is 11.3. The van der Waals surface area contributed by atoms with Crippen LogP contribution >= 0.6 is 0 Å². The van der Waals surface area contributed by atoms with E-state index in [9.17, 15) is 8.42 Å². The van der Waals surface area contributed by atoms with Crippen LogP contribution in [0.5, 0.6) is 0 Å². The molecule has 2 rings (SSSR count). The van der Waals surface area contributed by atoms with Crippen molar-refractivity contribution >= 4 is 21.4 Å². The monoisotopic (exact) mass is 291 g/mol. The molecule has 0 radical (unpaired) electrons. The average molecular weight is 291 g/mol. The summed E-state index contributed by atoms with van der Waals surface area (Å²) in [7, 11) is -2.09. The van der Waals surface area contributed by atoms with Crippen molar-refractivity contribution in [2.24, 2.45) is 0 Å². The minimum atomic E-state index is -3.62. The molecule has 0 saturated carbocycles. The van der Waals surface area contributed by atoms with Gasteiger partial charge >= 0.3 is 0 Å². The van der Waals surface area contributed by atoms with Gasteiger partial charge < -0.3 is 5.73 Å². The summed E-state index contributed by atoms with van der Waals surface area (Å²) in [4.78, 5) is 4.19. The summed E-state index contributed by atoms with van der Waals surface area (Å²) in [6, 6.07) is 6.64. The molecule has 5 nitrogen and oxygen atoms in total. The van der Waals surface area contributed by atoms with E-state index in [0.717, 1.165) is 0 Å². The van der Waals surface area contributed by atoms with Crippen molar-refractivity contribution in [3.63, 3.8) is 0 Å². The van der Waals surface area contributed by atoms with Crippen molar-refractivity contribution in [1.82, 2.24) is 4.98 Å². The first-order chi connectivity index (χ1) is 9.34. The molecule has 0 amide bonds. The Morgan fingerprint density at radius 1 is 1.10 bits per heavy atom. The molecule has 0 saturated heterocycles. The zero-order valence-corrected chi connectivity index (χ0v) is 12.5. The summed E-state index contributed by atoms with van der Waals surface area (Å²) in [6.45, 7) is 3.49. The summed E-state index contributed by atoms with van der Waals surface area (Å²) in [5.41, 5.74) is 8.15. The Labute approximate surface area is 119 Å². The van der Waals surface area contributed by atoms with Gasteiger partial charge in [0.2, 0.25) is 0 Å². The van der Waals surface area contributed by atoms with Crippen molar-refractivity contribution in [3.05, 3.63) is 47.8 Å². The maximum Gasteiger partial charge on any atom is 0.264 e. The molecular weight excluding hydrogens is 274 g/mol. The second-order valence-corrected chi connectivity index (χ2v) is 6.57. The molecule has 2 N–H and O–H groups in total. The van der Waals surface area contributed by atoms with E-state index < -0.39 is 10.0 Å². The van der Waals surface area contributed by atoms with Gasteiger partial charge in [0.05, 0.1) is 10.6 Å². The molecule has 1 heterocycles. The number of nitrogen functional groups attached to an aromatic ring is 1. The maximum atomic E-state index is 12.8. The average Bonchev–Trinajstić information content (AvgIpc) is 2.37. The number of hydrogen-bond acceptors (Lipinski definition) is 4. The second kappa shape index (κ2) is 5.13. The number of rotatable bonds is 3. The topological polar surface area (TPSA) is 76.3 Å². The molecule has 0 fully saturated rings. The zero-order valence-electron chi connectivity index (χ0n) is 11.7. The number of hydrogen-bond donors (Lipinski definition) is 1. The van der Waals surface area contributed by atoms with Gasteiger partial charge in [0.25, 0.3) is 10.0 Å². The van der Waals surface area contributed by atoms with E-state index >= 15 is 0 Å². The van der Waals surface area contributed by atoms with Gasteiger partial charge in [0, 0.05) is 25.1 Å². The summed E-state index contributed by atoms with van der Waals surface area (Å²) >= 11 is 0. The molecule has 0 unspecified atom stereocenters. The lowest BCUT2D eigenvalue weighted by molar-refractivity contribution is 0.593. The molecule has 0 bridgehead atoms. The first-order valence-electron chi connectivity index (χ1n) is 6.09. The number of anilines is 2.